The molecule has 2 aliphatic rings. The Morgan fingerprint density at radius 1 is 1.03 bits per heavy atom. The molecule has 1 aromatic carbocycles. The first-order chi connectivity index (χ1) is 14.6. The molecule has 2 heterocycles. The number of benzene rings is 1. The number of piperidine rings is 1. The third-order valence-electron chi connectivity index (χ3n) is 6.21. The number of pyridine rings is 1. The van der Waals surface area contributed by atoms with E-state index in [0.29, 0.717) is 36.2 Å². The van der Waals surface area contributed by atoms with Gasteiger partial charge in [0.2, 0.25) is 0 Å². The fourth-order valence-corrected chi connectivity index (χ4v) is 5.39. The molecule has 1 saturated heterocycles. The standard InChI is InChI=1S/C25H31N3O3/c1-24(2)14-16(15-25(3,4)27-24)26-22(30)19-13-18-20(11-8-12-21(18)29)28(23(19)31)17-9-6-5-7-10-17/h5-7,9-10,13,16,27H,8,11-12,14-15H2,1-4H3,(H,26,30). The molecule has 164 valence electrons. The minimum absolute atomic E-state index is 0.0101. The van der Waals surface area contributed by atoms with Gasteiger partial charge in [0, 0.05) is 40.5 Å². The minimum atomic E-state index is -0.408. The molecule has 0 radical (unpaired) electrons. The topological polar surface area (TPSA) is 80.2 Å². The molecular formula is C25H31N3O3. The van der Waals surface area contributed by atoms with Gasteiger partial charge in [-0.15, -0.1) is 0 Å². The molecule has 2 N–H and O–H groups in total. The first kappa shape index (κ1) is 21.5. The van der Waals surface area contributed by atoms with Crippen molar-refractivity contribution in [1.82, 2.24) is 15.2 Å². The van der Waals surface area contributed by atoms with Crippen LogP contribution in [0.1, 0.15) is 79.8 Å². The van der Waals surface area contributed by atoms with Gasteiger partial charge in [-0.3, -0.25) is 19.0 Å². The SMILES string of the molecule is CC1(C)CC(NC(=O)c2cc3c(n(-c4ccccc4)c2=O)CCCC3=O)CC(C)(C)N1. The van der Waals surface area contributed by atoms with E-state index in [1.807, 2.05) is 30.3 Å². The highest BCUT2D eigenvalue weighted by molar-refractivity contribution is 6.02. The molecule has 4 rings (SSSR count). The van der Waals surface area contributed by atoms with Crippen LogP contribution >= 0.6 is 0 Å². The zero-order valence-electron chi connectivity index (χ0n) is 18.7. The molecule has 1 fully saturated rings. The van der Waals surface area contributed by atoms with Crippen LogP contribution in [0.2, 0.25) is 0 Å². The van der Waals surface area contributed by atoms with Crippen LogP contribution in [0.25, 0.3) is 5.69 Å². The normalized spacial score (nSPS) is 20.2. The summed E-state index contributed by atoms with van der Waals surface area (Å²) in [4.78, 5) is 39.4. The molecule has 1 aromatic heterocycles. The summed E-state index contributed by atoms with van der Waals surface area (Å²) in [5.41, 5.74) is 1.28. The third-order valence-corrected chi connectivity index (χ3v) is 6.21. The Morgan fingerprint density at radius 3 is 2.32 bits per heavy atom. The van der Waals surface area contributed by atoms with Gasteiger partial charge in [-0.05, 0) is 71.6 Å². The number of carbonyl (C=O) groups is 2. The van der Waals surface area contributed by atoms with E-state index in [-0.39, 0.29) is 34.0 Å². The van der Waals surface area contributed by atoms with Crippen LogP contribution in [0.5, 0.6) is 0 Å². The van der Waals surface area contributed by atoms with Crippen LogP contribution in [-0.2, 0) is 6.42 Å². The molecule has 31 heavy (non-hydrogen) atoms. The Hall–Kier alpha value is -2.73. The molecule has 6 nitrogen and oxygen atoms in total. The summed E-state index contributed by atoms with van der Waals surface area (Å²) in [7, 11) is 0. The number of rotatable bonds is 3. The van der Waals surface area contributed by atoms with Crippen molar-refractivity contribution >= 4 is 11.7 Å². The minimum Gasteiger partial charge on any atom is -0.349 e. The van der Waals surface area contributed by atoms with Crippen molar-refractivity contribution in [2.45, 2.75) is 76.9 Å². The van der Waals surface area contributed by atoms with Gasteiger partial charge in [0.05, 0.1) is 0 Å². The van der Waals surface area contributed by atoms with E-state index in [9.17, 15) is 14.4 Å². The summed E-state index contributed by atoms with van der Waals surface area (Å²) >= 11 is 0. The number of nitrogens with one attached hydrogen (secondary N) is 2. The van der Waals surface area contributed by atoms with Gasteiger partial charge >= 0.3 is 0 Å². The van der Waals surface area contributed by atoms with Crippen LogP contribution in [0, 0.1) is 0 Å². The first-order valence-electron chi connectivity index (χ1n) is 11.0. The maximum atomic E-state index is 13.5. The lowest BCUT2D eigenvalue weighted by atomic mass is 9.79. The molecular weight excluding hydrogens is 390 g/mol. The second kappa shape index (κ2) is 7.75. The molecule has 6 heteroatoms. The Morgan fingerprint density at radius 2 is 1.68 bits per heavy atom. The molecule has 0 saturated carbocycles. The highest BCUT2D eigenvalue weighted by atomic mass is 16.2. The summed E-state index contributed by atoms with van der Waals surface area (Å²) in [6, 6.07) is 10.7. The molecule has 0 unspecified atom stereocenters. The highest BCUT2D eigenvalue weighted by Gasteiger charge is 2.38. The number of carbonyl (C=O) groups excluding carboxylic acids is 2. The lowest BCUT2D eigenvalue weighted by Crippen LogP contribution is -2.62. The van der Waals surface area contributed by atoms with Gasteiger partial charge in [-0.25, -0.2) is 0 Å². The van der Waals surface area contributed by atoms with Crippen LogP contribution in [0.4, 0.5) is 0 Å². The van der Waals surface area contributed by atoms with Crippen molar-refractivity contribution in [3.8, 4) is 5.69 Å². The maximum absolute atomic E-state index is 13.5. The zero-order valence-corrected chi connectivity index (χ0v) is 18.7. The monoisotopic (exact) mass is 421 g/mol. The summed E-state index contributed by atoms with van der Waals surface area (Å²) < 4.78 is 1.55. The summed E-state index contributed by atoms with van der Waals surface area (Å²) in [6.07, 6.45) is 3.32. The molecule has 1 aliphatic carbocycles. The molecule has 0 atom stereocenters. The van der Waals surface area contributed by atoms with E-state index in [1.54, 1.807) is 4.57 Å². The number of Topliss-reactive ketones (excluding diaryl/α,β-unsaturated/α-hetero) is 1. The molecule has 0 spiro atoms. The van der Waals surface area contributed by atoms with Crippen molar-refractivity contribution in [3.05, 3.63) is 63.6 Å². The quantitative estimate of drug-likeness (QED) is 0.796. The smallest absolute Gasteiger partial charge is 0.268 e. The largest absolute Gasteiger partial charge is 0.349 e. The number of amides is 1. The number of aromatic nitrogens is 1. The highest BCUT2D eigenvalue weighted by Crippen LogP contribution is 2.29. The summed E-state index contributed by atoms with van der Waals surface area (Å²) in [5.74, 6) is -0.418. The average molecular weight is 422 g/mol. The zero-order chi connectivity index (χ0) is 22.4. The first-order valence-corrected chi connectivity index (χ1v) is 11.0. The number of fused-ring (bicyclic) bond motifs is 1. The van der Waals surface area contributed by atoms with E-state index in [0.717, 1.165) is 12.8 Å². The van der Waals surface area contributed by atoms with E-state index < -0.39 is 5.91 Å². The summed E-state index contributed by atoms with van der Waals surface area (Å²) in [6.45, 7) is 8.47. The van der Waals surface area contributed by atoms with Crippen LogP contribution in [0.15, 0.2) is 41.2 Å². The van der Waals surface area contributed by atoms with Crippen molar-refractivity contribution in [2.75, 3.05) is 0 Å². The predicted molar refractivity (Wildman–Crippen MR) is 121 cm³/mol. The number of hydrogen-bond donors (Lipinski definition) is 2. The second-order valence-electron chi connectivity index (χ2n) is 10.1. The average Bonchev–Trinajstić information content (AvgIpc) is 2.66. The van der Waals surface area contributed by atoms with Gasteiger partial charge in [0.25, 0.3) is 11.5 Å². The second-order valence-corrected chi connectivity index (χ2v) is 10.1. The Balaban J connectivity index is 1.75. The fraction of sp³-hybridized carbons (Fsp3) is 0.480. The van der Waals surface area contributed by atoms with E-state index in [4.69, 9.17) is 0 Å². The Kier molecular flexibility index (Phi) is 5.38. The molecule has 0 bridgehead atoms. The van der Waals surface area contributed by atoms with Crippen LogP contribution in [0.3, 0.4) is 0 Å². The van der Waals surface area contributed by atoms with Crippen molar-refractivity contribution in [2.24, 2.45) is 0 Å². The van der Waals surface area contributed by atoms with Crippen molar-refractivity contribution in [3.63, 3.8) is 0 Å². The van der Waals surface area contributed by atoms with Crippen LogP contribution in [-0.4, -0.2) is 33.4 Å². The molecule has 2 aromatic rings. The van der Waals surface area contributed by atoms with E-state index in [1.165, 1.54) is 6.07 Å². The fourth-order valence-electron chi connectivity index (χ4n) is 5.39. The van der Waals surface area contributed by atoms with Gasteiger partial charge in [-0.2, -0.15) is 0 Å². The van der Waals surface area contributed by atoms with Gasteiger partial charge in [0.1, 0.15) is 5.56 Å². The van der Waals surface area contributed by atoms with Crippen molar-refractivity contribution < 1.29 is 9.59 Å². The lowest BCUT2D eigenvalue weighted by molar-refractivity contribution is 0.0871. The molecule has 1 amide bonds. The maximum Gasteiger partial charge on any atom is 0.268 e. The number of hydrogen-bond acceptors (Lipinski definition) is 4. The number of para-hydroxylation sites is 1. The summed E-state index contributed by atoms with van der Waals surface area (Å²) in [5, 5.41) is 6.69. The predicted octanol–water partition coefficient (Wildman–Crippen LogP) is 3.40. The number of nitrogens with zero attached hydrogens (tertiary/aromatic N) is 1. The van der Waals surface area contributed by atoms with Gasteiger partial charge in [-0.1, -0.05) is 18.2 Å². The van der Waals surface area contributed by atoms with Crippen molar-refractivity contribution in [1.29, 1.82) is 0 Å². The van der Waals surface area contributed by atoms with Crippen LogP contribution < -0.4 is 16.2 Å². The molecule has 1 aliphatic heterocycles. The van der Waals surface area contributed by atoms with Gasteiger partial charge < -0.3 is 10.6 Å². The third kappa shape index (κ3) is 4.35. The Labute approximate surface area is 183 Å². The Bertz CT molecular complexity index is 1070. The van der Waals surface area contributed by atoms with E-state index >= 15 is 0 Å². The lowest BCUT2D eigenvalue weighted by Gasteiger charge is -2.46. The number of ketones is 1. The van der Waals surface area contributed by atoms with Gasteiger partial charge in [0.15, 0.2) is 5.78 Å². The van der Waals surface area contributed by atoms with E-state index in [2.05, 4.69) is 38.3 Å².